The molecule has 0 saturated heterocycles. The molecule has 0 aliphatic carbocycles. The number of hydrogen-bond donors (Lipinski definition) is 0. The first-order valence-electron chi connectivity index (χ1n) is 4.02. The molecule has 84 valence electrons. The van der Waals surface area contributed by atoms with E-state index in [0.717, 1.165) is 0 Å². The largest absolute Gasteiger partial charge is 0.223 e. The zero-order valence-electron chi connectivity index (χ0n) is 7.96. The number of halogens is 3. The number of hydrogen-bond acceptors (Lipinski definition) is 3. The van der Waals surface area contributed by atoms with Gasteiger partial charge in [-0.15, -0.1) is 0 Å². The van der Waals surface area contributed by atoms with Crippen LogP contribution in [0.15, 0.2) is 11.0 Å². The second-order valence-electron chi connectivity index (χ2n) is 3.14. The summed E-state index contributed by atoms with van der Waals surface area (Å²) in [5, 5.41) is -0.752. The Labute approximate surface area is 103 Å². The average Bonchev–Trinajstić information content (AvgIpc) is 2.00. The van der Waals surface area contributed by atoms with Gasteiger partial charge in [0.25, 0.3) is 0 Å². The second-order valence-corrected chi connectivity index (χ2v) is 6.73. The minimum absolute atomic E-state index is 0.00583. The molecule has 0 radical (unpaired) electrons. The molecule has 0 unspecified atom stereocenters. The maximum Gasteiger partial charge on any atom is 0.185 e. The third-order valence-electron chi connectivity index (χ3n) is 1.76. The Morgan fingerprint density at radius 3 is 2.20 bits per heavy atom. The van der Waals surface area contributed by atoms with Crippen molar-refractivity contribution in [3.63, 3.8) is 0 Å². The van der Waals surface area contributed by atoms with Gasteiger partial charge in [0.05, 0.1) is 10.3 Å². The van der Waals surface area contributed by atoms with Gasteiger partial charge in [-0.25, -0.2) is 13.4 Å². The Kier molecular flexibility index (Phi) is 3.87. The highest BCUT2D eigenvalue weighted by Gasteiger charge is 2.26. The van der Waals surface area contributed by atoms with E-state index in [0.29, 0.717) is 0 Å². The van der Waals surface area contributed by atoms with Crippen molar-refractivity contribution in [2.75, 3.05) is 0 Å². The molecule has 0 aliphatic heterocycles. The number of nitrogens with zero attached hydrogens (tertiary/aromatic N) is 1. The first-order chi connectivity index (χ1) is 6.76. The van der Waals surface area contributed by atoms with E-state index in [9.17, 15) is 8.42 Å². The monoisotopic (exact) mass is 287 g/mol. The van der Waals surface area contributed by atoms with Crippen LogP contribution in [0.2, 0.25) is 15.3 Å². The van der Waals surface area contributed by atoms with E-state index >= 15 is 0 Å². The first-order valence-corrected chi connectivity index (χ1v) is 6.70. The quantitative estimate of drug-likeness (QED) is 0.785. The fourth-order valence-corrected chi connectivity index (χ4v) is 3.39. The van der Waals surface area contributed by atoms with Crippen molar-refractivity contribution in [1.82, 2.24) is 4.98 Å². The summed E-state index contributed by atoms with van der Waals surface area (Å²) in [5.41, 5.74) is 0. The molecule has 0 spiro atoms. The molecule has 0 fully saturated rings. The summed E-state index contributed by atoms with van der Waals surface area (Å²) >= 11 is 17.1. The fraction of sp³-hybridized carbons (Fsp3) is 0.375. The molecule has 1 aromatic heterocycles. The molecule has 0 amide bonds. The Balaban J connectivity index is 3.52. The van der Waals surface area contributed by atoms with E-state index in [1.807, 2.05) is 0 Å². The van der Waals surface area contributed by atoms with Crippen molar-refractivity contribution < 1.29 is 8.42 Å². The molecular formula is C8H8Cl3NO2S. The van der Waals surface area contributed by atoms with Gasteiger partial charge >= 0.3 is 0 Å². The van der Waals surface area contributed by atoms with Gasteiger partial charge in [-0.1, -0.05) is 34.8 Å². The van der Waals surface area contributed by atoms with Crippen molar-refractivity contribution in [2.24, 2.45) is 0 Å². The maximum atomic E-state index is 11.8. The summed E-state index contributed by atoms with van der Waals surface area (Å²) in [5.74, 6) is 0. The van der Waals surface area contributed by atoms with Crippen LogP contribution in [0.25, 0.3) is 0 Å². The van der Waals surface area contributed by atoms with E-state index in [1.165, 1.54) is 19.9 Å². The standard InChI is InChI=1S/C8H8Cl3NO2S/c1-4(2)15(13,14)7-5(9)3-6(10)12-8(7)11/h3-4H,1-2H3. The van der Waals surface area contributed by atoms with Gasteiger partial charge in [-0.3, -0.25) is 0 Å². The van der Waals surface area contributed by atoms with Gasteiger partial charge in [-0.05, 0) is 19.9 Å². The van der Waals surface area contributed by atoms with E-state index in [-0.39, 0.29) is 20.2 Å². The molecule has 1 rings (SSSR count). The van der Waals surface area contributed by atoms with E-state index in [1.54, 1.807) is 0 Å². The third kappa shape index (κ3) is 2.56. The van der Waals surface area contributed by atoms with Crippen molar-refractivity contribution >= 4 is 44.6 Å². The van der Waals surface area contributed by atoms with Gasteiger partial charge in [0, 0.05) is 0 Å². The lowest BCUT2D eigenvalue weighted by atomic mass is 10.5. The molecule has 0 N–H and O–H groups in total. The molecule has 15 heavy (non-hydrogen) atoms. The number of pyridine rings is 1. The minimum Gasteiger partial charge on any atom is -0.223 e. The van der Waals surface area contributed by atoms with Crippen molar-refractivity contribution in [3.8, 4) is 0 Å². The predicted molar refractivity (Wildman–Crippen MR) is 61.6 cm³/mol. The van der Waals surface area contributed by atoms with Crippen molar-refractivity contribution in [2.45, 2.75) is 24.0 Å². The van der Waals surface area contributed by atoms with E-state index < -0.39 is 15.1 Å². The highest BCUT2D eigenvalue weighted by atomic mass is 35.5. The molecule has 7 heteroatoms. The summed E-state index contributed by atoms with van der Waals surface area (Å²) in [6.45, 7) is 3.08. The average molecular weight is 289 g/mol. The van der Waals surface area contributed by atoms with Gasteiger partial charge in [-0.2, -0.15) is 0 Å². The Morgan fingerprint density at radius 1 is 1.27 bits per heavy atom. The second kappa shape index (κ2) is 4.45. The molecule has 1 aromatic rings. The normalized spacial score (nSPS) is 12.1. The van der Waals surface area contributed by atoms with Crippen LogP contribution in [0.1, 0.15) is 13.8 Å². The SMILES string of the molecule is CC(C)S(=O)(=O)c1c(Cl)cc(Cl)nc1Cl. The van der Waals surface area contributed by atoms with Crippen molar-refractivity contribution in [1.29, 1.82) is 0 Å². The molecule has 0 atom stereocenters. The van der Waals surface area contributed by atoms with Gasteiger partial charge < -0.3 is 0 Å². The lowest BCUT2D eigenvalue weighted by Gasteiger charge is -2.10. The molecule has 3 nitrogen and oxygen atoms in total. The highest BCUT2D eigenvalue weighted by molar-refractivity contribution is 7.92. The predicted octanol–water partition coefficient (Wildman–Crippen LogP) is 3.22. The highest BCUT2D eigenvalue weighted by Crippen LogP contribution is 2.32. The maximum absolute atomic E-state index is 11.8. The van der Waals surface area contributed by atoms with Crippen LogP contribution in [0, 0.1) is 0 Å². The van der Waals surface area contributed by atoms with Crippen LogP contribution in [-0.2, 0) is 9.84 Å². The van der Waals surface area contributed by atoms with Crippen LogP contribution in [0.3, 0.4) is 0 Å². The molecule has 0 aliphatic rings. The van der Waals surface area contributed by atoms with Crippen LogP contribution in [-0.4, -0.2) is 18.7 Å². The third-order valence-corrected chi connectivity index (χ3v) is 4.97. The zero-order chi connectivity index (χ0) is 11.8. The number of sulfone groups is 1. The van der Waals surface area contributed by atoms with Gasteiger partial charge in [0.15, 0.2) is 15.0 Å². The molecular weight excluding hydrogens is 281 g/mol. The molecule has 0 saturated carbocycles. The summed E-state index contributed by atoms with van der Waals surface area (Å²) in [6.07, 6.45) is 0. The first kappa shape index (κ1) is 13.0. The van der Waals surface area contributed by atoms with Gasteiger partial charge in [0.1, 0.15) is 10.0 Å². The van der Waals surface area contributed by atoms with E-state index in [4.69, 9.17) is 34.8 Å². The van der Waals surface area contributed by atoms with Crippen LogP contribution in [0.4, 0.5) is 0 Å². The zero-order valence-corrected chi connectivity index (χ0v) is 11.0. The summed E-state index contributed by atoms with van der Waals surface area (Å²) in [4.78, 5) is 3.49. The Bertz CT molecular complexity index is 462. The lowest BCUT2D eigenvalue weighted by Crippen LogP contribution is -2.15. The lowest BCUT2D eigenvalue weighted by molar-refractivity contribution is 0.587. The summed E-state index contributed by atoms with van der Waals surface area (Å²) in [7, 11) is -3.54. The number of rotatable bonds is 2. The fourth-order valence-electron chi connectivity index (χ4n) is 0.934. The minimum atomic E-state index is -3.54. The van der Waals surface area contributed by atoms with Crippen molar-refractivity contribution in [3.05, 3.63) is 21.4 Å². The smallest absolute Gasteiger partial charge is 0.185 e. The Morgan fingerprint density at radius 2 is 1.80 bits per heavy atom. The topological polar surface area (TPSA) is 47.0 Å². The summed E-state index contributed by atoms with van der Waals surface area (Å²) < 4.78 is 23.7. The van der Waals surface area contributed by atoms with Crippen LogP contribution >= 0.6 is 34.8 Å². The van der Waals surface area contributed by atoms with Gasteiger partial charge in [0.2, 0.25) is 0 Å². The van der Waals surface area contributed by atoms with Crippen LogP contribution < -0.4 is 0 Å². The Hall–Kier alpha value is -0.0300. The van der Waals surface area contributed by atoms with E-state index in [2.05, 4.69) is 4.98 Å². The van der Waals surface area contributed by atoms with Crippen LogP contribution in [0.5, 0.6) is 0 Å². The molecule has 0 bridgehead atoms. The molecule has 0 aromatic carbocycles. The summed E-state index contributed by atoms with van der Waals surface area (Å²) in [6, 6.07) is 1.25. The molecule has 1 heterocycles. The number of aromatic nitrogens is 1.